The molecule has 0 heterocycles. The molecule has 84 valence electrons. The highest BCUT2D eigenvalue weighted by atomic mass is 16.5. The normalized spacial score (nSPS) is 12.6. The van der Waals surface area contributed by atoms with Crippen LogP contribution >= 0.6 is 0 Å². The van der Waals surface area contributed by atoms with Crippen molar-refractivity contribution in [1.29, 1.82) is 0 Å². The smallest absolute Gasteiger partial charge is 0.122 e. The summed E-state index contributed by atoms with van der Waals surface area (Å²) in [4.78, 5) is 0. The van der Waals surface area contributed by atoms with E-state index in [2.05, 4.69) is 6.07 Å². The summed E-state index contributed by atoms with van der Waals surface area (Å²) in [6.45, 7) is 4.32. The van der Waals surface area contributed by atoms with Crippen molar-refractivity contribution < 1.29 is 9.84 Å². The van der Waals surface area contributed by atoms with Crippen molar-refractivity contribution in [2.24, 2.45) is 5.73 Å². The minimum Gasteiger partial charge on any atom is -0.496 e. The Morgan fingerprint density at radius 2 is 2.07 bits per heavy atom. The third-order valence-electron chi connectivity index (χ3n) is 2.51. The number of aliphatic hydroxyl groups is 1. The minimum atomic E-state index is -0.500. The molecule has 1 rings (SSSR count). The Kier molecular flexibility index (Phi) is 4.12. The summed E-state index contributed by atoms with van der Waals surface area (Å²) in [6, 6.07) is 4.06. The van der Waals surface area contributed by atoms with Crippen molar-refractivity contribution >= 4 is 0 Å². The third-order valence-corrected chi connectivity index (χ3v) is 2.51. The van der Waals surface area contributed by atoms with Gasteiger partial charge in [0.05, 0.1) is 13.2 Å². The molecule has 1 aromatic rings. The topological polar surface area (TPSA) is 55.5 Å². The van der Waals surface area contributed by atoms with Gasteiger partial charge in [0.2, 0.25) is 0 Å². The second-order valence-electron chi connectivity index (χ2n) is 3.86. The molecule has 1 unspecified atom stereocenters. The molecule has 0 amide bonds. The molecule has 0 aliphatic rings. The molecule has 0 aromatic heterocycles. The number of methoxy groups -OCH3 is 1. The van der Waals surface area contributed by atoms with Crippen LogP contribution in [0.5, 0.6) is 5.75 Å². The molecule has 0 saturated heterocycles. The van der Waals surface area contributed by atoms with Crippen molar-refractivity contribution in [3.63, 3.8) is 0 Å². The Labute approximate surface area is 90.9 Å². The summed E-state index contributed by atoms with van der Waals surface area (Å²) >= 11 is 0. The van der Waals surface area contributed by atoms with Crippen molar-refractivity contribution in [3.8, 4) is 5.75 Å². The number of hydrogen-bond donors (Lipinski definition) is 2. The van der Waals surface area contributed by atoms with Crippen LogP contribution in [0.4, 0.5) is 0 Å². The van der Waals surface area contributed by atoms with Crippen LogP contribution in [0.25, 0.3) is 0 Å². The molecule has 1 atom stereocenters. The van der Waals surface area contributed by atoms with E-state index in [-0.39, 0.29) is 6.54 Å². The maximum absolute atomic E-state index is 9.54. The molecule has 0 spiro atoms. The van der Waals surface area contributed by atoms with Gasteiger partial charge in [0, 0.05) is 13.0 Å². The maximum atomic E-state index is 9.54. The van der Waals surface area contributed by atoms with Gasteiger partial charge in [-0.15, -0.1) is 0 Å². The van der Waals surface area contributed by atoms with E-state index < -0.39 is 6.10 Å². The Balaban J connectivity index is 3.04. The van der Waals surface area contributed by atoms with Crippen molar-refractivity contribution in [2.75, 3.05) is 13.7 Å². The van der Waals surface area contributed by atoms with E-state index in [1.54, 1.807) is 7.11 Å². The molecule has 0 radical (unpaired) electrons. The molecule has 3 N–H and O–H groups in total. The standard InChI is InChI=1S/C12H19NO2/c1-8-4-9(2)11(6-10(14)7-13)12(5-8)15-3/h4-5,10,14H,6-7,13H2,1-3H3. The van der Waals surface area contributed by atoms with Crippen molar-refractivity contribution in [2.45, 2.75) is 26.4 Å². The zero-order valence-electron chi connectivity index (χ0n) is 9.58. The van der Waals surface area contributed by atoms with Crippen LogP contribution in [0.2, 0.25) is 0 Å². The predicted molar refractivity (Wildman–Crippen MR) is 61.2 cm³/mol. The average molecular weight is 209 g/mol. The summed E-state index contributed by atoms with van der Waals surface area (Å²) in [7, 11) is 1.65. The highest BCUT2D eigenvalue weighted by Crippen LogP contribution is 2.25. The predicted octanol–water partition coefficient (Wildman–Crippen LogP) is 1.17. The average Bonchev–Trinajstić information content (AvgIpc) is 2.21. The van der Waals surface area contributed by atoms with E-state index in [9.17, 15) is 5.11 Å². The number of aliphatic hydroxyl groups excluding tert-OH is 1. The fourth-order valence-corrected chi connectivity index (χ4v) is 1.72. The monoisotopic (exact) mass is 209 g/mol. The Morgan fingerprint density at radius 3 is 2.60 bits per heavy atom. The number of ether oxygens (including phenoxy) is 1. The first-order valence-electron chi connectivity index (χ1n) is 5.10. The fourth-order valence-electron chi connectivity index (χ4n) is 1.72. The fraction of sp³-hybridized carbons (Fsp3) is 0.500. The van der Waals surface area contributed by atoms with E-state index >= 15 is 0 Å². The van der Waals surface area contributed by atoms with Crippen molar-refractivity contribution in [1.82, 2.24) is 0 Å². The van der Waals surface area contributed by atoms with Gasteiger partial charge in [0.25, 0.3) is 0 Å². The van der Waals surface area contributed by atoms with Crippen LogP contribution in [-0.4, -0.2) is 24.9 Å². The molecule has 0 aliphatic heterocycles. The lowest BCUT2D eigenvalue weighted by Crippen LogP contribution is -2.22. The first kappa shape index (κ1) is 12.0. The number of benzene rings is 1. The Morgan fingerprint density at radius 1 is 1.40 bits per heavy atom. The van der Waals surface area contributed by atoms with E-state index in [0.717, 1.165) is 22.4 Å². The number of nitrogens with two attached hydrogens (primary N) is 1. The molecule has 1 aromatic carbocycles. The number of hydrogen-bond acceptors (Lipinski definition) is 3. The van der Waals surface area contributed by atoms with Gasteiger partial charge in [-0.25, -0.2) is 0 Å². The zero-order valence-corrected chi connectivity index (χ0v) is 9.58. The molecular formula is C12H19NO2. The molecule has 15 heavy (non-hydrogen) atoms. The Hall–Kier alpha value is -1.06. The molecule has 3 heteroatoms. The van der Waals surface area contributed by atoms with Crippen LogP contribution < -0.4 is 10.5 Å². The summed E-state index contributed by atoms with van der Waals surface area (Å²) in [5.74, 6) is 0.833. The third kappa shape index (κ3) is 2.94. The number of aryl methyl sites for hydroxylation is 2. The van der Waals surface area contributed by atoms with Crippen LogP contribution in [0.3, 0.4) is 0 Å². The van der Waals surface area contributed by atoms with Gasteiger partial charge >= 0.3 is 0 Å². The lowest BCUT2D eigenvalue weighted by atomic mass is 9.99. The SMILES string of the molecule is COc1cc(C)cc(C)c1CC(O)CN. The van der Waals surface area contributed by atoms with E-state index in [4.69, 9.17) is 10.5 Å². The van der Waals surface area contributed by atoms with Gasteiger partial charge in [-0.2, -0.15) is 0 Å². The largest absolute Gasteiger partial charge is 0.496 e. The molecular weight excluding hydrogens is 190 g/mol. The van der Waals surface area contributed by atoms with Gasteiger partial charge in [-0.1, -0.05) is 6.07 Å². The first-order chi connectivity index (χ1) is 7.08. The Bertz CT molecular complexity index is 337. The lowest BCUT2D eigenvalue weighted by molar-refractivity contribution is 0.182. The van der Waals surface area contributed by atoms with E-state index in [1.165, 1.54) is 0 Å². The summed E-state index contributed by atoms with van der Waals surface area (Å²) in [6.07, 6.45) is 0.0477. The quantitative estimate of drug-likeness (QED) is 0.782. The molecule has 3 nitrogen and oxygen atoms in total. The first-order valence-corrected chi connectivity index (χ1v) is 5.10. The summed E-state index contributed by atoms with van der Waals surface area (Å²) < 4.78 is 5.30. The highest BCUT2D eigenvalue weighted by Gasteiger charge is 2.11. The van der Waals surface area contributed by atoms with Crippen LogP contribution in [0, 0.1) is 13.8 Å². The number of rotatable bonds is 4. The van der Waals surface area contributed by atoms with Crippen LogP contribution in [0.15, 0.2) is 12.1 Å². The zero-order chi connectivity index (χ0) is 11.4. The van der Waals surface area contributed by atoms with Crippen molar-refractivity contribution in [3.05, 3.63) is 28.8 Å². The molecule has 0 saturated carbocycles. The van der Waals surface area contributed by atoms with Gasteiger partial charge in [0.15, 0.2) is 0 Å². The van der Waals surface area contributed by atoms with Crippen LogP contribution in [-0.2, 0) is 6.42 Å². The van der Waals surface area contributed by atoms with E-state index in [0.29, 0.717) is 6.42 Å². The van der Waals surface area contributed by atoms with E-state index in [1.807, 2.05) is 19.9 Å². The van der Waals surface area contributed by atoms with Gasteiger partial charge in [-0.3, -0.25) is 0 Å². The van der Waals surface area contributed by atoms with Crippen LogP contribution in [0.1, 0.15) is 16.7 Å². The van der Waals surface area contributed by atoms with Gasteiger partial charge < -0.3 is 15.6 Å². The second-order valence-corrected chi connectivity index (χ2v) is 3.86. The summed E-state index contributed by atoms with van der Waals surface area (Å²) in [5, 5.41) is 9.54. The lowest BCUT2D eigenvalue weighted by Gasteiger charge is -2.15. The maximum Gasteiger partial charge on any atom is 0.122 e. The molecule has 0 fully saturated rings. The minimum absolute atomic E-state index is 0.274. The van der Waals surface area contributed by atoms with Gasteiger partial charge in [0.1, 0.15) is 5.75 Å². The second kappa shape index (κ2) is 5.14. The highest BCUT2D eigenvalue weighted by molar-refractivity contribution is 5.43. The van der Waals surface area contributed by atoms with Gasteiger partial charge in [-0.05, 0) is 36.6 Å². The molecule has 0 bridgehead atoms. The molecule has 0 aliphatic carbocycles. The summed E-state index contributed by atoms with van der Waals surface area (Å²) in [5.41, 5.74) is 8.74.